The average molecular weight is 251 g/mol. The Kier molecular flexibility index (Phi) is 3.01. The summed E-state index contributed by atoms with van der Waals surface area (Å²) in [6, 6.07) is 4.74. The molecule has 6 nitrogen and oxygen atoms in total. The van der Waals surface area contributed by atoms with E-state index in [4.69, 9.17) is 16.2 Å². The molecule has 0 amide bonds. The Labute approximate surface area is 101 Å². The predicted molar refractivity (Wildman–Crippen MR) is 65.5 cm³/mol. The number of hydrogen-bond acceptors (Lipinski definition) is 3. The highest BCUT2D eigenvalue weighted by molar-refractivity contribution is 8.12. The molecule has 1 aromatic heterocycles. The quantitative estimate of drug-likeness (QED) is 0.436. The van der Waals surface area contributed by atoms with E-state index in [2.05, 4.69) is 9.97 Å². The van der Waals surface area contributed by atoms with Crippen LogP contribution in [0.5, 0.6) is 0 Å². The second-order valence-electron chi connectivity index (χ2n) is 3.41. The van der Waals surface area contributed by atoms with E-state index in [0.29, 0.717) is 17.1 Å². The van der Waals surface area contributed by atoms with Gasteiger partial charge in [0.05, 0.1) is 22.3 Å². The van der Waals surface area contributed by atoms with Gasteiger partial charge in [-0.3, -0.25) is 11.1 Å². The van der Waals surface area contributed by atoms with Crippen LogP contribution in [-0.4, -0.2) is 26.2 Å². The zero-order valence-corrected chi connectivity index (χ0v) is 9.62. The number of rotatable bonds is 3. The first-order valence-corrected chi connectivity index (χ1v) is 5.77. The number of aromatic carboxylic acids is 1. The molecule has 6 N–H and O–H groups in total. The van der Waals surface area contributed by atoms with Crippen molar-refractivity contribution in [3.8, 4) is 0 Å². The summed E-state index contributed by atoms with van der Waals surface area (Å²) >= 11 is 1.27. The lowest BCUT2D eigenvalue weighted by Gasteiger charge is -1.92. The largest absolute Gasteiger partial charge is 0.478 e. The maximum Gasteiger partial charge on any atom is 0.335 e. The first-order chi connectivity index (χ1) is 8.06. The normalized spacial score (nSPS) is 10.6. The molecule has 0 atom stereocenters. The fourth-order valence-corrected chi connectivity index (χ4v) is 1.86. The minimum Gasteiger partial charge on any atom is -0.478 e. The van der Waals surface area contributed by atoms with Gasteiger partial charge in [0, 0.05) is 0 Å². The highest BCUT2D eigenvalue weighted by Gasteiger charge is 2.08. The van der Waals surface area contributed by atoms with Gasteiger partial charge in [0.15, 0.2) is 0 Å². The lowest BCUT2D eigenvalue weighted by Crippen LogP contribution is -2.43. The van der Waals surface area contributed by atoms with Gasteiger partial charge in [-0.2, -0.15) is 0 Å². The van der Waals surface area contributed by atoms with Crippen LogP contribution < -0.4 is 11.1 Å². The van der Waals surface area contributed by atoms with E-state index >= 15 is 0 Å². The number of benzene rings is 1. The van der Waals surface area contributed by atoms with Crippen molar-refractivity contribution < 1.29 is 15.3 Å². The zero-order valence-electron chi connectivity index (χ0n) is 8.80. The molecule has 1 aromatic carbocycles. The van der Waals surface area contributed by atoms with Crippen LogP contribution in [0.2, 0.25) is 0 Å². The van der Waals surface area contributed by atoms with Crippen molar-refractivity contribution in [1.29, 1.82) is 0 Å². The van der Waals surface area contributed by atoms with Gasteiger partial charge in [0.1, 0.15) is 5.82 Å². The van der Waals surface area contributed by atoms with Crippen molar-refractivity contribution in [3.63, 3.8) is 0 Å². The number of thioether (sulfide) groups is 1. The second kappa shape index (κ2) is 4.46. The summed E-state index contributed by atoms with van der Waals surface area (Å²) in [6.45, 7) is 0. The lowest BCUT2D eigenvalue weighted by molar-refractivity contribution is -0.110. The van der Waals surface area contributed by atoms with Crippen molar-refractivity contribution >= 4 is 33.9 Å². The number of H-pyrrole nitrogens is 1. The monoisotopic (exact) mass is 251 g/mol. The SMILES string of the molecule is NC(=[NH2+])SCc1nc2ccc(C(=O)O)cc2[nH]1. The summed E-state index contributed by atoms with van der Waals surface area (Å²) in [5.74, 6) is 0.275. The molecule has 0 fully saturated rings. The number of nitrogens with zero attached hydrogens (tertiary/aromatic N) is 1. The lowest BCUT2D eigenvalue weighted by atomic mass is 10.2. The van der Waals surface area contributed by atoms with Gasteiger partial charge < -0.3 is 10.1 Å². The summed E-state index contributed by atoms with van der Waals surface area (Å²) in [4.78, 5) is 18.1. The number of hydrogen-bond donors (Lipinski definition) is 4. The van der Waals surface area contributed by atoms with Crippen molar-refractivity contribution in [2.24, 2.45) is 5.73 Å². The molecule has 0 saturated heterocycles. The first kappa shape index (κ1) is 11.5. The summed E-state index contributed by atoms with van der Waals surface area (Å²) in [6.07, 6.45) is 0. The molecule has 17 heavy (non-hydrogen) atoms. The Hall–Kier alpha value is -2.02. The van der Waals surface area contributed by atoms with Crippen molar-refractivity contribution in [3.05, 3.63) is 29.6 Å². The number of imidazole rings is 1. The molecule has 0 unspecified atom stereocenters. The van der Waals surface area contributed by atoms with Crippen LogP contribution in [0, 0.1) is 0 Å². The molecular formula is C10H11N4O2S+. The van der Waals surface area contributed by atoms with Crippen LogP contribution in [0.15, 0.2) is 18.2 Å². The van der Waals surface area contributed by atoms with E-state index in [0.717, 1.165) is 5.52 Å². The van der Waals surface area contributed by atoms with Gasteiger partial charge in [-0.05, 0) is 30.0 Å². The Balaban J connectivity index is 2.30. The number of carboxylic acid groups (broad SMARTS) is 1. The van der Waals surface area contributed by atoms with Crippen LogP contribution in [0.4, 0.5) is 0 Å². The molecule has 2 rings (SSSR count). The molecule has 0 radical (unpaired) electrons. The molecule has 0 aliphatic carbocycles. The minimum atomic E-state index is -0.961. The van der Waals surface area contributed by atoms with Gasteiger partial charge in [-0.15, -0.1) is 0 Å². The second-order valence-corrected chi connectivity index (χ2v) is 4.46. The Morgan fingerprint density at radius 3 is 3.00 bits per heavy atom. The number of aromatic nitrogens is 2. The molecule has 0 bridgehead atoms. The maximum atomic E-state index is 10.8. The van der Waals surface area contributed by atoms with Gasteiger partial charge in [0.25, 0.3) is 5.17 Å². The molecule has 0 aliphatic heterocycles. The van der Waals surface area contributed by atoms with E-state index in [1.54, 1.807) is 12.1 Å². The molecule has 7 heteroatoms. The summed E-state index contributed by atoms with van der Waals surface area (Å²) < 4.78 is 0. The summed E-state index contributed by atoms with van der Waals surface area (Å²) in [5.41, 5.74) is 6.98. The summed E-state index contributed by atoms with van der Waals surface area (Å²) in [7, 11) is 0. The number of fused-ring (bicyclic) bond motifs is 1. The number of aromatic amines is 1. The van der Waals surface area contributed by atoms with Gasteiger partial charge >= 0.3 is 5.97 Å². The van der Waals surface area contributed by atoms with Gasteiger partial charge in [-0.1, -0.05) is 0 Å². The van der Waals surface area contributed by atoms with E-state index in [1.807, 2.05) is 0 Å². The molecule has 88 valence electrons. The van der Waals surface area contributed by atoms with E-state index in [1.165, 1.54) is 17.8 Å². The third-order valence-corrected chi connectivity index (χ3v) is 2.90. The highest BCUT2D eigenvalue weighted by Crippen LogP contribution is 2.16. The number of carboxylic acids is 1. The van der Waals surface area contributed by atoms with E-state index in [-0.39, 0.29) is 10.7 Å². The van der Waals surface area contributed by atoms with Gasteiger partial charge in [0.2, 0.25) is 0 Å². The Bertz CT molecular complexity index is 593. The average Bonchev–Trinajstić information content (AvgIpc) is 2.67. The topological polar surface area (TPSA) is 118 Å². The summed E-state index contributed by atoms with van der Waals surface area (Å²) in [5, 5.41) is 14.5. The van der Waals surface area contributed by atoms with Gasteiger partial charge in [-0.25, -0.2) is 9.78 Å². The highest BCUT2D eigenvalue weighted by atomic mass is 32.2. The molecule has 0 spiro atoms. The third kappa shape index (κ3) is 2.56. The van der Waals surface area contributed by atoms with Crippen molar-refractivity contribution in [2.75, 3.05) is 0 Å². The molecule has 2 aromatic rings. The van der Waals surface area contributed by atoms with Crippen molar-refractivity contribution in [2.45, 2.75) is 5.75 Å². The van der Waals surface area contributed by atoms with Crippen molar-refractivity contribution in [1.82, 2.24) is 9.97 Å². The third-order valence-electron chi connectivity index (χ3n) is 2.15. The van der Waals surface area contributed by atoms with Crippen LogP contribution in [-0.2, 0) is 5.75 Å². The van der Waals surface area contributed by atoms with E-state index < -0.39 is 5.97 Å². The fraction of sp³-hybridized carbons (Fsp3) is 0.100. The van der Waals surface area contributed by atoms with Crippen LogP contribution >= 0.6 is 11.8 Å². The van der Waals surface area contributed by atoms with E-state index in [9.17, 15) is 4.79 Å². The number of nitrogens with one attached hydrogen (secondary N) is 1. The molecule has 1 heterocycles. The standard InChI is InChI=1S/C10H10N4O2S/c11-10(12)17-4-8-13-6-2-1-5(9(15)16)3-7(6)14-8/h1-3H,4H2,(H3,11,12)(H,13,14)(H,15,16)/p+1. The molecular weight excluding hydrogens is 240 g/mol. The molecule has 0 aliphatic rings. The minimum absolute atomic E-state index is 0.227. The van der Waals surface area contributed by atoms with Crippen LogP contribution in [0.1, 0.15) is 16.2 Å². The fourth-order valence-electron chi connectivity index (χ4n) is 1.42. The van der Waals surface area contributed by atoms with Crippen LogP contribution in [0.25, 0.3) is 11.0 Å². The Morgan fingerprint density at radius 1 is 1.59 bits per heavy atom. The first-order valence-electron chi connectivity index (χ1n) is 4.79. The predicted octanol–water partition coefficient (Wildman–Crippen LogP) is -0.432. The zero-order chi connectivity index (χ0) is 12.4. The maximum absolute atomic E-state index is 10.8. The molecule has 0 saturated carbocycles. The number of carbonyl (C=O) groups is 1. The Morgan fingerprint density at radius 2 is 2.35 bits per heavy atom. The smallest absolute Gasteiger partial charge is 0.335 e. The number of amidine groups is 1. The number of nitrogens with two attached hydrogens (primary N) is 2. The van der Waals surface area contributed by atoms with Crippen LogP contribution in [0.3, 0.4) is 0 Å².